The van der Waals surface area contributed by atoms with E-state index >= 15 is 0 Å². The average Bonchev–Trinajstić information content (AvgIpc) is 3.41. The minimum atomic E-state index is -0.219. The first-order chi connectivity index (χ1) is 31.7. The normalized spacial score (nSPS) is 40.2. The minimum Gasteiger partial charge on any atom is -0.676 e. The standard InChI is InChI=1S/C12H20N4.3C10H18N2.C10H16N2.2Ru/c13-9-7-3-1-5-15-11(7)12-8(10(9)14)4-2-6-16-12;4*1-3-7-11-9(5-1)10-6-2-4-8-12-10;;/h7-14H,1-6H2;3*9-10H,1-8H2;1,3,9-10H,2,4-8H2;;/q-4;4*-2;2*+8. The van der Waals surface area contributed by atoms with E-state index < -0.39 is 0 Å². The van der Waals surface area contributed by atoms with Crippen LogP contribution in [0.3, 0.4) is 0 Å². The number of hydrogen-bond acceptors (Lipinski definition) is 0. The third-order valence-electron chi connectivity index (χ3n) is 16.3. The maximum atomic E-state index is 8.24. The third kappa shape index (κ3) is 18.5. The van der Waals surface area contributed by atoms with Gasteiger partial charge in [-0.25, -0.2) is 0 Å². The van der Waals surface area contributed by atoms with Crippen molar-refractivity contribution < 1.29 is 39.0 Å². The number of rotatable bonds is 4. The second kappa shape index (κ2) is 33.3. The van der Waals surface area contributed by atoms with Crippen LogP contribution in [0.25, 0.3) is 64.6 Å². The Morgan fingerprint density at radius 2 is 0.545 bits per heavy atom. The van der Waals surface area contributed by atoms with E-state index in [-0.39, 0.29) is 63.1 Å². The third-order valence-corrected chi connectivity index (χ3v) is 16.3. The van der Waals surface area contributed by atoms with E-state index in [4.69, 9.17) is 22.1 Å². The van der Waals surface area contributed by atoms with E-state index in [2.05, 4.69) is 54.7 Å². The van der Waals surface area contributed by atoms with Gasteiger partial charge < -0.3 is 64.6 Å². The fourth-order valence-corrected chi connectivity index (χ4v) is 12.5. The quantitative estimate of drug-likeness (QED) is 0.192. The molecule has 10 fully saturated rings. The molecule has 0 bridgehead atoms. The molecule has 11 aliphatic rings. The molecule has 0 radical (unpaired) electrons. The van der Waals surface area contributed by atoms with Crippen LogP contribution in [-0.4, -0.2) is 138 Å². The Balaban J connectivity index is 0.000000154. The minimum absolute atomic E-state index is 0. The van der Waals surface area contributed by atoms with Gasteiger partial charge in [0.05, 0.1) is 0 Å². The average molecular weight is 1090 g/mol. The summed E-state index contributed by atoms with van der Waals surface area (Å²) in [5.41, 5.74) is 16.5. The Hall–Kier alpha value is 0.507. The summed E-state index contributed by atoms with van der Waals surface area (Å²) in [5, 5.41) is 46.6. The van der Waals surface area contributed by atoms with Gasteiger partial charge in [-0.05, 0) is 0 Å². The van der Waals surface area contributed by atoms with Crippen molar-refractivity contribution in [2.75, 3.05) is 65.4 Å². The molecule has 1 saturated carbocycles. The van der Waals surface area contributed by atoms with Gasteiger partial charge in [0, 0.05) is 0 Å². The number of piperidine rings is 9. The van der Waals surface area contributed by atoms with Crippen LogP contribution in [0.4, 0.5) is 0 Å². The van der Waals surface area contributed by atoms with Gasteiger partial charge in [-0.1, -0.05) is 185 Å². The molecule has 10 aliphatic heterocycles. The summed E-state index contributed by atoms with van der Waals surface area (Å²) < 4.78 is 0. The second-order valence-electron chi connectivity index (χ2n) is 20.9. The molecule has 0 aromatic rings. The monoisotopic (exact) mass is 1090 g/mol. The molecule has 12 nitrogen and oxygen atoms in total. The molecule has 14 atom stereocenters. The van der Waals surface area contributed by atoms with E-state index in [0.29, 0.717) is 60.2 Å². The second-order valence-corrected chi connectivity index (χ2v) is 20.9. The van der Waals surface area contributed by atoms with Gasteiger partial charge in [0.2, 0.25) is 0 Å². The zero-order valence-electron chi connectivity index (χ0n) is 40.9. The van der Waals surface area contributed by atoms with Crippen molar-refractivity contribution in [3.8, 4) is 0 Å². The summed E-state index contributed by atoms with van der Waals surface area (Å²) in [5.74, 6) is 0.638. The Kier molecular flexibility index (Phi) is 28.9. The molecule has 14 heteroatoms. The van der Waals surface area contributed by atoms with Crippen LogP contribution >= 0.6 is 0 Å². The number of fused-ring (bicyclic) bond motifs is 3. The molecule has 11 rings (SSSR count). The van der Waals surface area contributed by atoms with Gasteiger partial charge in [-0.3, -0.25) is 0 Å². The Bertz CT molecular complexity index is 1080. The molecule has 66 heavy (non-hydrogen) atoms. The van der Waals surface area contributed by atoms with Crippen molar-refractivity contribution in [1.29, 1.82) is 0 Å². The maximum Gasteiger partial charge on any atom is 8.00 e. The van der Waals surface area contributed by atoms with Gasteiger partial charge in [0.25, 0.3) is 0 Å². The van der Waals surface area contributed by atoms with E-state index in [9.17, 15) is 0 Å². The SMILES string of the molecule is C1=CCC(C2CCCC[N-]2)[N-]C1.C1CCC(C2CCCC[N-]2)[N-]C1.C1CCC(C2CCCC[N-]2)[N-]C1.C1CCC(C2CCCC[N-]2)[N-]C1.[NH-]C1C([NH-])C2CCC[N-]C2C2[N-]CCCC12.[Ru+8].[Ru+8]. The topological polar surface area (TPSA) is 189 Å². The van der Waals surface area contributed by atoms with Crippen LogP contribution in [0.1, 0.15) is 167 Å². The van der Waals surface area contributed by atoms with E-state index in [1.807, 2.05) is 0 Å². The summed E-state index contributed by atoms with van der Waals surface area (Å²) in [6, 6.07) is 4.76. The molecule has 0 aromatic heterocycles. The molecular formula is C52H90N12Ru2+4. The van der Waals surface area contributed by atoms with Gasteiger partial charge in [-0.2, -0.15) is 66.5 Å². The van der Waals surface area contributed by atoms with Crippen LogP contribution in [-0.2, 0) is 39.0 Å². The first-order valence-corrected chi connectivity index (χ1v) is 27.4. The largest absolute Gasteiger partial charge is 8.00 e. The Morgan fingerprint density at radius 3 is 0.788 bits per heavy atom. The van der Waals surface area contributed by atoms with Crippen LogP contribution in [0.2, 0.25) is 0 Å². The maximum absolute atomic E-state index is 8.24. The summed E-state index contributed by atoms with van der Waals surface area (Å²) in [6.45, 7) is 10.5. The van der Waals surface area contributed by atoms with Gasteiger partial charge in [-0.15, -0.1) is 77.6 Å². The summed E-state index contributed by atoms with van der Waals surface area (Å²) in [4.78, 5) is 0. The molecule has 0 aromatic carbocycles. The molecule has 14 unspecified atom stereocenters. The zero-order chi connectivity index (χ0) is 44.0. The van der Waals surface area contributed by atoms with Crippen LogP contribution in [0.15, 0.2) is 12.2 Å². The molecule has 1 aliphatic carbocycles. The number of nitrogens with one attached hydrogen (secondary N) is 2. The summed E-state index contributed by atoms with van der Waals surface area (Å²) in [7, 11) is 0. The molecular weight excluding hydrogens is 995 g/mol. The molecule has 10 heterocycles. The van der Waals surface area contributed by atoms with Gasteiger partial charge in [0.15, 0.2) is 0 Å². The molecule has 370 valence electrons. The van der Waals surface area contributed by atoms with Gasteiger partial charge >= 0.3 is 39.0 Å². The predicted molar refractivity (Wildman–Crippen MR) is 273 cm³/mol. The molecule has 2 N–H and O–H groups in total. The van der Waals surface area contributed by atoms with E-state index in [1.165, 1.54) is 135 Å². The fraction of sp³-hybridized carbons (Fsp3) is 0.962. The van der Waals surface area contributed by atoms with E-state index in [1.54, 1.807) is 0 Å². The first-order valence-electron chi connectivity index (χ1n) is 27.4. The zero-order valence-corrected chi connectivity index (χ0v) is 44.3. The van der Waals surface area contributed by atoms with Crippen molar-refractivity contribution in [3.63, 3.8) is 0 Å². The smallest absolute Gasteiger partial charge is 0.676 e. The number of hydrogen-bond donors (Lipinski definition) is 0. The first kappa shape index (κ1) is 57.4. The van der Waals surface area contributed by atoms with Crippen LogP contribution in [0, 0.1) is 11.8 Å². The van der Waals surface area contributed by atoms with E-state index in [0.717, 1.165) is 97.6 Å². The Labute approximate surface area is 430 Å². The number of nitrogens with zero attached hydrogens (tertiary/aromatic N) is 10. The summed E-state index contributed by atoms with van der Waals surface area (Å²) in [6.07, 6.45) is 37.7. The fourth-order valence-electron chi connectivity index (χ4n) is 12.5. The van der Waals surface area contributed by atoms with Crippen molar-refractivity contribution in [2.45, 2.75) is 239 Å². The molecule has 0 amide bonds. The summed E-state index contributed by atoms with van der Waals surface area (Å²) >= 11 is 0. The molecule has 9 saturated heterocycles. The van der Waals surface area contributed by atoms with Crippen LogP contribution in [0.5, 0.6) is 0 Å². The van der Waals surface area contributed by atoms with Gasteiger partial charge in [0.1, 0.15) is 0 Å². The van der Waals surface area contributed by atoms with Crippen molar-refractivity contribution in [3.05, 3.63) is 76.8 Å². The van der Waals surface area contributed by atoms with Crippen molar-refractivity contribution >= 4 is 0 Å². The van der Waals surface area contributed by atoms with Crippen molar-refractivity contribution in [1.82, 2.24) is 0 Å². The van der Waals surface area contributed by atoms with Crippen LogP contribution < -0.4 is 0 Å². The Morgan fingerprint density at radius 1 is 0.273 bits per heavy atom. The predicted octanol–water partition coefficient (Wildman–Crippen LogP) is 14.3. The van der Waals surface area contributed by atoms with Crippen molar-refractivity contribution in [2.24, 2.45) is 11.8 Å². The molecule has 0 spiro atoms.